The number of nitrogens with zero attached hydrogens (tertiary/aromatic N) is 1. The summed E-state index contributed by atoms with van der Waals surface area (Å²) in [5, 5.41) is 0. The van der Waals surface area contributed by atoms with Crippen molar-refractivity contribution in [3.05, 3.63) is 12.3 Å². The van der Waals surface area contributed by atoms with Crippen molar-refractivity contribution in [2.75, 3.05) is 7.05 Å². The van der Waals surface area contributed by atoms with Gasteiger partial charge >= 0.3 is 47.8 Å². The van der Waals surface area contributed by atoms with Crippen molar-refractivity contribution in [3.8, 4) is 0 Å². The van der Waals surface area contributed by atoms with E-state index in [9.17, 15) is 0 Å². The Morgan fingerprint density at radius 3 is 2.67 bits per heavy atom. The van der Waals surface area contributed by atoms with Crippen molar-refractivity contribution in [1.82, 2.24) is 3.06 Å². The molecule has 1 aliphatic rings. The van der Waals surface area contributed by atoms with Gasteiger partial charge in [0.25, 0.3) is 0 Å². The molecular formula is C4H6NSb. The monoisotopic (exact) mass is 189 g/mol. The predicted octanol–water partition coefficient (Wildman–Crippen LogP) is -0.133. The molecule has 0 aliphatic carbocycles. The minimum absolute atomic E-state index is 0.0167. The third-order valence-corrected chi connectivity index (χ3v) is 2.93. The summed E-state index contributed by atoms with van der Waals surface area (Å²) in [6.07, 6.45) is 4.24. The Morgan fingerprint density at radius 2 is 2.50 bits per heavy atom. The summed E-state index contributed by atoms with van der Waals surface area (Å²) in [5.74, 6) is 0. The molecule has 0 atom stereocenters. The van der Waals surface area contributed by atoms with Crippen molar-refractivity contribution in [2.24, 2.45) is 0 Å². The normalized spacial score (nSPS) is 17.2. The average Bonchev–Trinajstić information content (AvgIpc) is 1.86. The van der Waals surface area contributed by atoms with E-state index in [1.807, 2.05) is 0 Å². The van der Waals surface area contributed by atoms with Gasteiger partial charge in [-0.1, -0.05) is 0 Å². The zero-order valence-electron chi connectivity index (χ0n) is 3.63. The fourth-order valence-electron chi connectivity index (χ4n) is 0.345. The van der Waals surface area contributed by atoms with Gasteiger partial charge in [-0.25, -0.2) is 0 Å². The molecule has 6 heavy (non-hydrogen) atoms. The van der Waals surface area contributed by atoms with Crippen LogP contribution >= 0.6 is 0 Å². The van der Waals surface area contributed by atoms with Gasteiger partial charge in [-0.2, -0.15) is 0 Å². The molecule has 32 valence electrons. The minimum atomic E-state index is -0.0167. The van der Waals surface area contributed by atoms with Crippen LogP contribution in [-0.4, -0.2) is 35.5 Å². The molecule has 1 aliphatic heterocycles. The fraction of sp³-hybridized carbons (Fsp3) is 0.250. The number of rotatable bonds is 0. The Morgan fingerprint density at radius 1 is 1.67 bits per heavy atom. The zero-order valence-corrected chi connectivity index (χ0v) is 6.18. The molecule has 0 N–H and O–H groups in total. The van der Waals surface area contributed by atoms with Crippen LogP contribution in [-0.2, 0) is 0 Å². The first-order valence-corrected chi connectivity index (χ1v) is 4.45. The second kappa shape index (κ2) is 1.79. The van der Waals surface area contributed by atoms with E-state index in [0.29, 0.717) is 0 Å². The van der Waals surface area contributed by atoms with E-state index in [4.69, 9.17) is 0 Å². The standard InChI is InChI=1S/C4H6N.Sb/c1-3-4-5-2;/h1,3-4H,2H3;/q-1;+1. The van der Waals surface area contributed by atoms with Crippen LogP contribution < -0.4 is 0 Å². The first-order chi connectivity index (χ1) is 2.89. The number of hydrogen-bond donors (Lipinski definition) is 0. The predicted molar refractivity (Wildman–Crippen MR) is 28.7 cm³/mol. The third kappa shape index (κ3) is 0.843. The summed E-state index contributed by atoms with van der Waals surface area (Å²) < 4.78 is 4.55. The first kappa shape index (κ1) is 4.39. The topological polar surface area (TPSA) is 3.24 Å². The summed E-state index contributed by atoms with van der Waals surface area (Å²) in [4.78, 5) is 0. The van der Waals surface area contributed by atoms with Crippen molar-refractivity contribution >= 4 is 25.4 Å². The first-order valence-electron chi connectivity index (χ1n) is 1.83. The van der Waals surface area contributed by atoms with E-state index in [-0.39, 0.29) is 21.4 Å². The van der Waals surface area contributed by atoms with Crippen molar-refractivity contribution in [1.29, 1.82) is 0 Å². The summed E-state index contributed by atoms with van der Waals surface area (Å²) in [6, 6.07) is 0. The molecule has 0 spiro atoms. The molecule has 0 aromatic carbocycles. The molecule has 0 saturated carbocycles. The molecule has 1 heterocycles. The van der Waals surface area contributed by atoms with Crippen molar-refractivity contribution in [2.45, 2.75) is 0 Å². The maximum absolute atomic E-state index is 2.28. The molecule has 0 fully saturated rings. The van der Waals surface area contributed by atoms with Gasteiger partial charge < -0.3 is 0 Å². The molecule has 0 bridgehead atoms. The van der Waals surface area contributed by atoms with E-state index in [2.05, 4.69) is 26.3 Å². The van der Waals surface area contributed by atoms with E-state index in [1.54, 1.807) is 0 Å². The van der Waals surface area contributed by atoms with Gasteiger partial charge in [-0.3, -0.25) is 0 Å². The van der Waals surface area contributed by atoms with Gasteiger partial charge in [-0.05, 0) is 0 Å². The Hall–Kier alpha value is 0.228. The molecule has 0 aromatic heterocycles. The molecule has 0 radical (unpaired) electrons. The second-order valence-corrected chi connectivity index (χ2v) is 4.49. The molecule has 2 heteroatoms. The van der Waals surface area contributed by atoms with E-state index >= 15 is 0 Å². The molecule has 0 aromatic rings. The third-order valence-electron chi connectivity index (χ3n) is 0.637. The quantitative estimate of drug-likeness (QED) is 0.480. The molecular weight excluding hydrogens is 184 g/mol. The van der Waals surface area contributed by atoms with Gasteiger partial charge in [-0.15, -0.1) is 0 Å². The summed E-state index contributed by atoms with van der Waals surface area (Å²) in [6.45, 7) is 0. The van der Waals surface area contributed by atoms with Crippen LogP contribution in [0.3, 0.4) is 0 Å². The van der Waals surface area contributed by atoms with Gasteiger partial charge in [0.1, 0.15) is 0 Å². The molecule has 0 amide bonds. The Kier molecular flexibility index (Phi) is 1.31. The molecule has 0 unspecified atom stereocenters. The molecule has 1 nitrogen and oxygen atoms in total. The number of allylic oxidation sites excluding steroid dienone is 1. The summed E-state index contributed by atoms with van der Waals surface area (Å²) in [5.41, 5.74) is 0. The molecule has 0 saturated heterocycles. The van der Waals surface area contributed by atoms with E-state index in [0.717, 1.165) is 0 Å². The SMILES string of the molecule is C[N]1C=C[CH]=[Sb]1. The zero-order chi connectivity index (χ0) is 4.41. The van der Waals surface area contributed by atoms with Crippen LogP contribution in [0.4, 0.5) is 0 Å². The maximum atomic E-state index is 2.28. The van der Waals surface area contributed by atoms with Crippen LogP contribution in [0.1, 0.15) is 0 Å². The van der Waals surface area contributed by atoms with Gasteiger partial charge in [0, 0.05) is 0 Å². The van der Waals surface area contributed by atoms with Crippen LogP contribution in [0, 0.1) is 0 Å². The van der Waals surface area contributed by atoms with Gasteiger partial charge in [0.05, 0.1) is 0 Å². The van der Waals surface area contributed by atoms with Crippen molar-refractivity contribution in [3.63, 3.8) is 0 Å². The summed E-state index contributed by atoms with van der Waals surface area (Å²) in [7, 11) is 2.12. The Labute approximate surface area is 48.0 Å². The fourth-order valence-corrected chi connectivity index (χ4v) is 1.82. The van der Waals surface area contributed by atoms with Crippen LogP contribution in [0.15, 0.2) is 12.3 Å². The Balaban J connectivity index is 2.60. The van der Waals surface area contributed by atoms with Gasteiger partial charge in [0.2, 0.25) is 0 Å². The summed E-state index contributed by atoms with van der Waals surface area (Å²) >= 11 is -0.0167. The van der Waals surface area contributed by atoms with E-state index in [1.165, 1.54) is 0 Å². The van der Waals surface area contributed by atoms with E-state index < -0.39 is 0 Å². The van der Waals surface area contributed by atoms with Crippen LogP contribution in [0.5, 0.6) is 0 Å². The van der Waals surface area contributed by atoms with Crippen LogP contribution in [0.2, 0.25) is 0 Å². The second-order valence-electron chi connectivity index (χ2n) is 1.18. The van der Waals surface area contributed by atoms with Crippen molar-refractivity contribution < 1.29 is 0 Å². The molecule has 1 rings (SSSR count). The number of hydrogen-bond acceptors (Lipinski definition) is 1. The van der Waals surface area contributed by atoms with Gasteiger partial charge in [0.15, 0.2) is 0 Å². The average molecular weight is 190 g/mol. The Bertz CT molecular complexity index is 83.7. The van der Waals surface area contributed by atoms with Crippen LogP contribution in [0.25, 0.3) is 0 Å².